The van der Waals surface area contributed by atoms with Crippen molar-refractivity contribution < 1.29 is 4.74 Å². The Morgan fingerprint density at radius 1 is 0.875 bits per heavy atom. The van der Waals surface area contributed by atoms with Crippen molar-refractivity contribution in [1.29, 1.82) is 0 Å². The minimum absolute atomic E-state index is 0.750. The average molecular weight is 440 g/mol. The molecule has 0 heterocycles. The maximum atomic E-state index is 6.50. The Morgan fingerprint density at radius 3 is 2.12 bits per heavy atom. The first kappa shape index (κ1) is 21.8. The van der Waals surface area contributed by atoms with Gasteiger partial charge in [0.05, 0.1) is 0 Å². The Morgan fingerprint density at radius 2 is 1.54 bits per heavy atom. The number of aryl methyl sites for hydroxylation is 1. The second-order valence-electron chi connectivity index (χ2n) is 7.25. The van der Waals surface area contributed by atoms with Gasteiger partial charge in [-0.05, 0) is 0 Å². The van der Waals surface area contributed by atoms with E-state index in [4.69, 9.17) is 10.5 Å². The fourth-order valence-corrected chi connectivity index (χ4v) is 17.6. The summed E-state index contributed by atoms with van der Waals surface area (Å²) in [6.45, 7) is 7.76. The third-order valence-electron chi connectivity index (χ3n) is 5.06. The molecule has 0 bridgehead atoms. The predicted octanol–water partition coefficient (Wildman–Crippen LogP) is 5.95. The van der Waals surface area contributed by atoms with Crippen LogP contribution in [0.2, 0.25) is 13.3 Å². The molecule has 0 amide bonds. The molecule has 2 N–H and O–H groups in total. The molecule has 0 atom stereocenters. The van der Waals surface area contributed by atoms with Gasteiger partial charge in [0.1, 0.15) is 0 Å². The van der Waals surface area contributed by atoms with Crippen molar-refractivity contribution in [2.75, 3.05) is 11.2 Å². The number of para-hydroxylation sites is 1. The van der Waals surface area contributed by atoms with Crippen LogP contribution in [0.4, 0.5) is 0 Å². The molecule has 1 rings (SSSR count). The van der Waals surface area contributed by atoms with Crippen LogP contribution in [0.5, 0.6) is 5.75 Å². The van der Waals surface area contributed by atoms with Crippen molar-refractivity contribution in [3.63, 3.8) is 0 Å². The second-order valence-corrected chi connectivity index (χ2v) is 20.9. The van der Waals surface area contributed by atoms with E-state index < -0.39 is 18.4 Å². The van der Waals surface area contributed by atoms with Crippen molar-refractivity contribution in [3.05, 3.63) is 29.8 Å². The molecule has 0 aromatic heterocycles. The first-order chi connectivity index (χ1) is 11.7. The zero-order chi connectivity index (χ0) is 17.7. The third-order valence-corrected chi connectivity index (χ3v) is 19.7. The van der Waals surface area contributed by atoms with Crippen LogP contribution in [0.3, 0.4) is 0 Å². The van der Waals surface area contributed by atoms with Gasteiger partial charge in [0, 0.05) is 0 Å². The van der Waals surface area contributed by atoms with Crippen molar-refractivity contribution >= 4 is 18.4 Å². The summed E-state index contributed by atoms with van der Waals surface area (Å²) in [6.07, 6.45) is 8.85. The van der Waals surface area contributed by atoms with Gasteiger partial charge in [0.25, 0.3) is 0 Å². The molecular formula is C21H39NOSn. The summed E-state index contributed by atoms with van der Waals surface area (Å²) in [4.78, 5) is 0. The fourth-order valence-electron chi connectivity index (χ4n) is 3.60. The van der Waals surface area contributed by atoms with E-state index in [1.807, 2.05) is 0 Å². The molecule has 1 aromatic rings. The molecule has 0 aliphatic heterocycles. The average Bonchev–Trinajstić information content (AvgIpc) is 2.62. The maximum absolute atomic E-state index is 6.50. The van der Waals surface area contributed by atoms with Gasteiger partial charge < -0.3 is 0 Å². The van der Waals surface area contributed by atoms with Crippen LogP contribution >= 0.6 is 0 Å². The molecule has 0 aliphatic rings. The van der Waals surface area contributed by atoms with Crippen LogP contribution in [0, 0.1) is 0 Å². The number of hydrogen-bond donors (Lipinski definition) is 1. The number of nitrogens with two attached hydrogens (primary N) is 1. The van der Waals surface area contributed by atoms with E-state index in [0.29, 0.717) is 0 Å². The summed E-state index contributed by atoms with van der Waals surface area (Å²) >= 11 is -2.18. The molecule has 0 saturated carbocycles. The molecule has 0 radical (unpaired) electrons. The van der Waals surface area contributed by atoms with Crippen LogP contribution in [0.1, 0.15) is 64.9 Å². The third kappa shape index (κ3) is 7.77. The van der Waals surface area contributed by atoms with Crippen molar-refractivity contribution in [3.8, 4) is 5.75 Å². The van der Waals surface area contributed by atoms with E-state index in [1.54, 1.807) is 0 Å². The molecule has 3 heteroatoms. The van der Waals surface area contributed by atoms with Crippen LogP contribution in [0.15, 0.2) is 24.3 Å². The number of ether oxygens (including phenoxy) is 1. The Bertz CT molecular complexity index is 428. The quantitative estimate of drug-likeness (QED) is 0.363. The van der Waals surface area contributed by atoms with E-state index in [0.717, 1.165) is 29.8 Å². The number of rotatable bonds is 14. The van der Waals surface area contributed by atoms with Gasteiger partial charge in [-0.2, -0.15) is 0 Å². The number of unbranched alkanes of at least 4 members (excludes halogenated alkanes) is 2. The van der Waals surface area contributed by atoms with E-state index in [1.165, 1.54) is 51.0 Å². The molecule has 0 spiro atoms. The van der Waals surface area contributed by atoms with E-state index in [9.17, 15) is 0 Å². The monoisotopic (exact) mass is 441 g/mol. The first-order valence-corrected chi connectivity index (χ1v) is 18.2. The Hall–Kier alpha value is -0.221. The van der Waals surface area contributed by atoms with Crippen LogP contribution < -0.4 is 10.5 Å². The summed E-state index contributed by atoms with van der Waals surface area (Å²) in [6, 6.07) is 8.60. The van der Waals surface area contributed by atoms with Crippen LogP contribution in [-0.2, 0) is 6.42 Å². The van der Waals surface area contributed by atoms with Crippen LogP contribution in [-0.4, -0.2) is 29.5 Å². The van der Waals surface area contributed by atoms with Gasteiger partial charge in [-0.1, -0.05) is 0 Å². The van der Waals surface area contributed by atoms with E-state index in [2.05, 4.69) is 45.0 Å². The fraction of sp³-hybridized carbons (Fsp3) is 0.714. The number of hydrogen-bond acceptors (Lipinski definition) is 2. The molecular weight excluding hydrogens is 401 g/mol. The second kappa shape index (κ2) is 13.0. The van der Waals surface area contributed by atoms with Crippen molar-refractivity contribution in [1.82, 2.24) is 0 Å². The van der Waals surface area contributed by atoms with Gasteiger partial charge >= 0.3 is 155 Å². The first-order valence-electron chi connectivity index (χ1n) is 10.1. The summed E-state index contributed by atoms with van der Waals surface area (Å²) in [5, 5.41) is 0. The van der Waals surface area contributed by atoms with Gasteiger partial charge in [-0.3, -0.25) is 0 Å². The summed E-state index contributed by atoms with van der Waals surface area (Å²) in [5.41, 5.74) is 7.03. The molecule has 2 nitrogen and oxygen atoms in total. The summed E-state index contributed by atoms with van der Waals surface area (Å²) < 4.78 is 12.1. The predicted molar refractivity (Wildman–Crippen MR) is 110 cm³/mol. The van der Waals surface area contributed by atoms with Gasteiger partial charge in [0.15, 0.2) is 0 Å². The van der Waals surface area contributed by atoms with Crippen LogP contribution in [0.25, 0.3) is 0 Å². The molecule has 0 saturated heterocycles. The van der Waals surface area contributed by atoms with E-state index in [-0.39, 0.29) is 0 Å². The van der Waals surface area contributed by atoms with Gasteiger partial charge in [-0.25, -0.2) is 0 Å². The molecule has 138 valence electrons. The Kier molecular flexibility index (Phi) is 11.9. The summed E-state index contributed by atoms with van der Waals surface area (Å²) in [5.74, 6) is 1.12. The van der Waals surface area contributed by atoms with Gasteiger partial charge in [-0.15, -0.1) is 0 Å². The van der Waals surface area contributed by atoms with Gasteiger partial charge in [0.2, 0.25) is 0 Å². The summed E-state index contributed by atoms with van der Waals surface area (Å²) in [7, 11) is 0. The minimum atomic E-state index is -2.18. The Balaban J connectivity index is 2.81. The molecule has 0 aliphatic carbocycles. The molecule has 1 aromatic carbocycles. The molecule has 0 unspecified atom stereocenters. The number of benzene rings is 1. The zero-order valence-electron chi connectivity index (χ0n) is 16.3. The van der Waals surface area contributed by atoms with E-state index >= 15 is 0 Å². The standard InChI is InChI=1S/C10H14NO.2C4H9.C3H7.Sn/c1-12-10-7-3-2-5-9(10)6-4-8-11;2*1-3-4-2;1-3-2;/h2-3,5,7H,1,4,6,8,11H2;2*1,3-4H2,2H3;1,3H2,2H3;. The Labute approximate surface area is 154 Å². The normalized spacial score (nSPS) is 11.7. The SMILES string of the molecule is CCC[CH2][Sn]([CH2]CC)([CH2]CCC)[CH2]Oc1ccccc1CCCN. The van der Waals surface area contributed by atoms with Crippen molar-refractivity contribution in [2.24, 2.45) is 5.73 Å². The zero-order valence-corrected chi connectivity index (χ0v) is 19.1. The molecule has 0 fully saturated rings. The molecule has 24 heavy (non-hydrogen) atoms. The van der Waals surface area contributed by atoms with Crippen molar-refractivity contribution in [2.45, 2.75) is 79.0 Å². The topological polar surface area (TPSA) is 35.2 Å².